The number of rotatable bonds is 14. The Morgan fingerprint density at radius 1 is 0.920 bits per heavy atom. The smallest absolute Gasteiger partial charge is 0.321 e. The average Bonchev–Trinajstić information content (AvgIpc) is 3.42. The van der Waals surface area contributed by atoms with E-state index in [0.29, 0.717) is 38.4 Å². The van der Waals surface area contributed by atoms with Crippen LogP contribution < -0.4 is 15.8 Å². The van der Waals surface area contributed by atoms with Gasteiger partial charge in [0.1, 0.15) is 6.04 Å². The molecule has 3 amide bonds. The van der Waals surface area contributed by atoms with Gasteiger partial charge >= 0.3 is 6.03 Å². The molecule has 0 radical (unpaired) electrons. The Kier molecular flexibility index (Phi) is 11.9. The number of nitrogens with two attached hydrogens (primary N) is 1. The van der Waals surface area contributed by atoms with Crippen molar-refractivity contribution < 1.29 is 19.4 Å². The zero-order valence-electron chi connectivity index (χ0n) is 29.8. The molecule has 5 rings (SSSR count). The van der Waals surface area contributed by atoms with E-state index >= 15 is 0 Å². The summed E-state index contributed by atoms with van der Waals surface area (Å²) in [6.45, 7) is 9.10. The van der Waals surface area contributed by atoms with Gasteiger partial charge in [0.2, 0.25) is 11.8 Å². The molecule has 4 atom stereocenters. The Balaban J connectivity index is 1.27. The number of carbonyl (C=O) groups is 2. The first-order chi connectivity index (χ1) is 23.9. The normalized spacial score (nSPS) is 15.8. The molecule has 10 nitrogen and oxygen atoms in total. The zero-order chi connectivity index (χ0) is 35.8. The molecule has 1 aliphatic rings. The van der Waals surface area contributed by atoms with Crippen LogP contribution in [0.4, 0.5) is 4.79 Å². The van der Waals surface area contributed by atoms with Crippen LogP contribution in [0.5, 0.6) is 5.88 Å². The summed E-state index contributed by atoms with van der Waals surface area (Å²) in [5.74, 6) is 0.259. The van der Waals surface area contributed by atoms with Crippen molar-refractivity contribution in [2.45, 2.75) is 77.7 Å². The van der Waals surface area contributed by atoms with Crippen LogP contribution in [-0.4, -0.2) is 81.2 Å². The number of aromatic nitrogens is 2. The molecular formula is C40H50N6O4. The molecule has 50 heavy (non-hydrogen) atoms. The summed E-state index contributed by atoms with van der Waals surface area (Å²) in [6, 6.07) is 27.3. The van der Waals surface area contributed by atoms with Crippen molar-refractivity contribution in [3.63, 3.8) is 0 Å². The second kappa shape index (κ2) is 16.3. The number of carbonyl (C=O) groups excluding carboxylic acids is 2. The predicted molar refractivity (Wildman–Crippen MR) is 195 cm³/mol. The summed E-state index contributed by atoms with van der Waals surface area (Å²) in [7, 11) is 1.59. The Morgan fingerprint density at radius 2 is 1.62 bits per heavy atom. The maximum atomic E-state index is 14.2. The number of methoxy groups -OCH3 is 1. The second-order valence-corrected chi connectivity index (χ2v) is 14.3. The van der Waals surface area contributed by atoms with Crippen LogP contribution in [0.3, 0.4) is 0 Å². The highest BCUT2D eigenvalue weighted by atomic mass is 16.5. The first-order valence-corrected chi connectivity index (χ1v) is 17.3. The SMILES string of the molecule is COc1cccc(-c2ccc(C[C@H](N)C[C@H](O)[C@H](Cc3ccccc3)NC(=O)C(N3CCN(Cc4cccc(C)n4)C3=O)C(C)(C)C)cc2)n1. The second-order valence-electron chi connectivity index (χ2n) is 14.3. The molecule has 264 valence electrons. The van der Waals surface area contributed by atoms with E-state index in [2.05, 4.69) is 15.3 Å². The molecule has 0 bridgehead atoms. The minimum absolute atomic E-state index is 0.196. The lowest BCUT2D eigenvalue weighted by Crippen LogP contribution is -2.58. The predicted octanol–water partition coefficient (Wildman–Crippen LogP) is 5.16. The molecule has 0 spiro atoms. The van der Waals surface area contributed by atoms with E-state index in [0.717, 1.165) is 33.8 Å². The highest BCUT2D eigenvalue weighted by Gasteiger charge is 2.44. The van der Waals surface area contributed by atoms with Gasteiger partial charge in [-0.2, -0.15) is 0 Å². The molecule has 2 aromatic heterocycles. The van der Waals surface area contributed by atoms with Gasteiger partial charge in [0.05, 0.1) is 37.2 Å². The molecule has 10 heteroatoms. The lowest BCUT2D eigenvalue weighted by Gasteiger charge is -2.38. The van der Waals surface area contributed by atoms with Crippen molar-refractivity contribution in [1.29, 1.82) is 0 Å². The summed E-state index contributed by atoms with van der Waals surface area (Å²) in [4.78, 5) is 40.4. The van der Waals surface area contributed by atoms with Crippen LogP contribution in [0.2, 0.25) is 0 Å². The number of urea groups is 1. The van der Waals surface area contributed by atoms with Crippen LogP contribution in [-0.2, 0) is 24.2 Å². The van der Waals surface area contributed by atoms with Crippen LogP contribution in [0.15, 0.2) is 91.0 Å². The number of hydrogen-bond acceptors (Lipinski definition) is 7. The van der Waals surface area contributed by atoms with Crippen molar-refractivity contribution in [1.82, 2.24) is 25.1 Å². The molecular weight excluding hydrogens is 628 g/mol. The molecule has 1 fully saturated rings. The minimum Gasteiger partial charge on any atom is -0.481 e. The van der Waals surface area contributed by atoms with Crippen molar-refractivity contribution in [3.05, 3.63) is 114 Å². The maximum absolute atomic E-state index is 14.2. The third-order valence-corrected chi connectivity index (χ3v) is 9.12. The number of hydrogen-bond donors (Lipinski definition) is 3. The van der Waals surface area contributed by atoms with E-state index in [9.17, 15) is 14.7 Å². The summed E-state index contributed by atoms with van der Waals surface area (Å²) < 4.78 is 5.26. The fourth-order valence-corrected chi connectivity index (χ4v) is 6.65. The summed E-state index contributed by atoms with van der Waals surface area (Å²) in [5, 5.41) is 14.8. The topological polar surface area (TPSA) is 134 Å². The number of aryl methyl sites for hydroxylation is 1. The largest absolute Gasteiger partial charge is 0.481 e. The lowest BCUT2D eigenvalue weighted by atomic mass is 9.84. The van der Waals surface area contributed by atoms with Crippen LogP contribution >= 0.6 is 0 Å². The van der Waals surface area contributed by atoms with Gasteiger partial charge in [-0.25, -0.2) is 9.78 Å². The van der Waals surface area contributed by atoms with E-state index in [1.807, 2.05) is 119 Å². The van der Waals surface area contributed by atoms with Crippen molar-refractivity contribution >= 4 is 11.9 Å². The minimum atomic E-state index is -0.923. The molecule has 0 aliphatic carbocycles. The first-order valence-electron chi connectivity index (χ1n) is 17.3. The Morgan fingerprint density at radius 3 is 2.30 bits per heavy atom. The average molecular weight is 679 g/mol. The van der Waals surface area contributed by atoms with E-state index < -0.39 is 23.6 Å². The fraction of sp³-hybridized carbons (Fsp3) is 0.400. The highest BCUT2D eigenvalue weighted by molar-refractivity contribution is 5.89. The third-order valence-electron chi connectivity index (χ3n) is 9.12. The van der Waals surface area contributed by atoms with Crippen LogP contribution in [0, 0.1) is 12.3 Å². The highest BCUT2D eigenvalue weighted by Crippen LogP contribution is 2.29. The van der Waals surface area contributed by atoms with Crippen molar-refractivity contribution in [3.8, 4) is 17.1 Å². The van der Waals surface area contributed by atoms with Crippen LogP contribution in [0.25, 0.3) is 11.3 Å². The quantitative estimate of drug-likeness (QED) is 0.168. The number of aliphatic hydroxyl groups excluding tert-OH is 1. The van der Waals surface area contributed by atoms with Gasteiger partial charge in [0.25, 0.3) is 0 Å². The molecule has 4 aromatic rings. The number of nitrogens with one attached hydrogen (secondary N) is 1. The first kappa shape index (κ1) is 36.5. The molecule has 1 unspecified atom stereocenters. The van der Waals surface area contributed by atoms with E-state index in [4.69, 9.17) is 10.5 Å². The number of amides is 3. The number of pyridine rings is 2. The Bertz CT molecular complexity index is 1730. The van der Waals surface area contributed by atoms with Gasteiger partial charge in [0.15, 0.2) is 0 Å². The van der Waals surface area contributed by atoms with E-state index in [1.165, 1.54) is 0 Å². The summed E-state index contributed by atoms with van der Waals surface area (Å²) in [6.07, 6.45) is 0.316. The monoisotopic (exact) mass is 678 g/mol. The molecule has 3 heterocycles. The van der Waals surface area contributed by atoms with Gasteiger partial charge in [-0.05, 0) is 60.9 Å². The van der Waals surface area contributed by atoms with Gasteiger partial charge < -0.3 is 30.7 Å². The van der Waals surface area contributed by atoms with E-state index in [1.54, 1.807) is 16.9 Å². The van der Waals surface area contributed by atoms with Crippen molar-refractivity contribution in [2.75, 3.05) is 20.2 Å². The fourth-order valence-electron chi connectivity index (χ4n) is 6.65. The lowest BCUT2D eigenvalue weighted by molar-refractivity contribution is -0.130. The molecule has 1 saturated heterocycles. The summed E-state index contributed by atoms with van der Waals surface area (Å²) in [5.41, 5.74) is 11.6. The zero-order valence-corrected chi connectivity index (χ0v) is 29.8. The van der Waals surface area contributed by atoms with Gasteiger partial charge in [-0.15, -0.1) is 0 Å². The number of ether oxygens (including phenoxy) is 1. The summed E-state index contributed by atoms with van der Waals surface area (Å²) >= 11 is 0. The van der Waals surface area contributed by atoms with E-state index in [-0.39, 0.29) is 24.4 Å². The standard InChI is InChI=1S/C40H50N6O4/c1-27-11-9-14-32(42-27)26-45-21-22-46(39(45)49)37(40(2,3)4)38(48)44-34(24-28-12-7-6-8-13-28)35(47)25-31(41)23-29-17-19-30(20-18-29)33-15-10-16-36(43-33)50-5/h6-20,31,34-35,37,47H,21-26,41H2,1-5H3,(H,44,48)/t31-,34-,35-,37?/m0/s1. The molecule has 2 aromatic carbocycles. The third kappa shape index (κ3) is 9.46. The number of nitrogens with zero attached hydrogens (tertiary/aromatic N) is 4. The molecule has 4 N–H and O–H groups in total. The van der Waals surface area contributed by atoms with Gasteiger partial charge in [-0.3, -0.25) is 9.78 Å². The van der Waals surface area contributed by atoms with Gasteiger partial charge in [0, 0.05) is 36.5 Å². The Labute approximate surface area is 295 Å². The van der Waals surface area contributed by atoms with Gasteiger partial charge in [-0.1, -0.05) is 87.5 Å². The van der Waals surface area contributed by atoms with Crippen LogP contribution in [0.1, 0.15) is 49.7 Å². The number of aliphatic hydroxyl groups is 1. The molecule has 0 saturated carbocycles. The maximum Gasteiger partial charge on any atom is 0.321 e. The number of benzene rings is 2. The Hall–Kier alpha value is -4.80. The van der Waals surface area contributed by atoms with Crippen molar-refractivity contribution in [2.24, 2.45) is 11.1 Å². The molecule has 1 aliphatic heterocycles.